The number of thiophene rings is 1. The summed E-state index contributed by atoms with van der Waals surface area (Å²) in [7, 11) is 0. The van der Waals surface area contributed by atoms with E-state index in [9.17, 15) is 14.4 Å². The Hall–Kier alpha value is -4.70. The fourth-order valence-electron chi connectivity index (χ4n) is 4.81. The van der Waals surface area contributed by atoms with Crippen molar-refractivity contribution in [2.45, 2.75) is 26.2 Å². The van der Waals surface area contributed by atoms with Gasteiger partial charge < -0.3 is 26.6 Å². The highest BCUT2D eigenvalue weighted by Gasteiger charge is 2.19. The van der Waals surface area contributed by atoms with Crippen molar-refractivity contribution in [3.63, 3.8) is 0 Å². The Morgan fingerprint density at radius 1 is 1.12 bits per heavy atom. The molecule has 1 aliphatic heterocycles. The van der Waals surface area contributed by atoms with Gasteiger partial charge in [0.15, 0.2) is 0 Å². The van der Waals surface area contributed by atoms with E-state index in [-0.39, 0.29) is 17.8 Å². The summed E-state index contributed by atoms with van der Waals surface area (Å²) < 4.78 is 0.934. The number of carbonyl (C=O) groups excluding carboxylic acids is 3. The van der Waals surface area contributed by atoms with Crippen molar-refractivity contribution in [2.24, 2.45) is 0 Å². The van der Waals surface area contributed by atoms with Crippen LogP contribution in [0.3, 0.4) is 0 Å². The molecule has 2 aromatic heterocycles. The zero-order chi connectivity index (χ0) is 28.8. The van der Waals surface area contributed by atoms with E-state index in [1.165, 1.54) is 17.4 Å². The lowest BCUT2D eigenvalue weighted by Crippen LogP contribution is -2.29. The molecule has 0 spiro atoms. The first-order valence-electron chi connectivity index (χ1n) is 13.5. The molecule has 5 N–H and O–H groups in total. The number of aromatic nitrogens is 1. The number of urea groups is 1. The number of amides is 4. The lowest BCUT2D eigenvalue weighted by atomic mass is 10.0. The van der Waals surface area contributed by atoms with E-state index in [0.29, 0.717) is 31.0 Å². The number of pyridine rings is 1. The Morgan fingerprint density at radius 2 is 1.93 bits per heavy atom. The molecule has 210 valence electrons. The van der Waals surface area contributed by atoms with Crippen LogP contribution in [0.15, 0.2) is 66.2 Å². The van der Waals surface area contributed by atoms with Gasteiger partial charge in [-0.3, -0.25) is 9.59 Å². The molecule has 4 aromatic rings. The summed E-state index contributed by atoms with van der Waals surface area (Å²) >= 11 is 1.53. The van der Waals surface area contributed by atoms with Crippen molar-refractivity contribution in [2.75, 3.05) is 36.0 Å². The van der Waals surface area contributed by atoms with Crippen LogP contribution < -0.4 is 21.7 Å². The topological polar surface area (TPSA) is 129 Å². The fraction of sp³-hybridized carbons (Fsp3) is 0.226. The third-order valence-corrected chi connectivity index (χ3v) is 7.90. The smallest absolute Gasteiger partial charge is 0.323 e. The minimum atomic E-state index is -0.320. The number of likely N-dealkylation sites (tertiary alicyclic amines) is 1. The lowest BCUT2D eigenvalue weighted by molar-refractivity contribution is -0.127. The Bertz CT molecular complexity index is 1610. The minimum absolute atomic E-state index is 0.195. The number of rotatable bonds is 9. The molecule has 1 fully saturated rings. The van der Waals surface area contributed by atoms with E-state index in [4.69, 9.17) is 5.73 Å². The molecule has 0 bridgehead atoms. The van der Waals surface area contributed by atoms with Gasteiger partial charge in [-0.2, -0.15) is 0 Å². The normalized spacial score (nSPS) is 13.2. The number of nitrogens with one attached hydrogen (secondary N) is 3. The number of fused-ring (bicyclic) bond motifs is 1. The molecule has 0 radical (unpaired) electrons. The summed E-state index contributed by atoms with van der Waals surface area (Å²) in [6, 6.07) is 14.8. The number of nitrogen functional groups attached to an aromatic ring is 1. The van der Waals surface area contributed by atoms with E-state index >= 15 is 0 Å². The van der Waals surface area contributed by atoms with Crippen LogP contribution in [0.25, 0.3) is 27.3 Å². The molecule has 5 rings (SSSR count). The summed E-state index contributed by atoms with van der Waals surface area (Å²) in [5.41, 5.74) is 11.4. The van der Waals surface area contributed by atoms with Crippen LogP contribution in [-0.4, -0.2) is 47.4 Å². The molecule has 0 atom stereocenters. The maximum absolute atomic E-state index is 12.4. The third-order valence-electron chi connectivity index (χ3n) is 6.87. The van der Waals surface area contributed by atoms with Crippen molar-refractivity contribution >= 4 is 62.5 Å². The molecule has 0 unspecified atom stereocenters. The first-order chi connectivity index (χ1) is 19.9. The number of benzene rings is 2. The van der Waals surface area contributed by atoms with Gasteiger partial charge in [-0.15, -0.1) is 11.3 Å². The van der Waals surface area contributed by atoms with E-state index in [0.717, 1.165) is 57.4 Å². The third kappa shape index (κ3) is 6.90. The van der Waals surface area contributed by atoms with Gasteiger partial charge in [0, 0.05) is 70.9 Å². The average molecular weight is 569 g/mol. The molecule has 4 amide bonds. The van der Waals surface area contributed by atoms with Gasteiger partial charge in [-0.1, -0.05) is 24.3 Å². The zero-order valence-corrected chi connectivity index (χ0v) is 23.6. The molecular weight excluding hydrogens is 536 g/mol. The first kappa shape index (κ1) is 27.9. The number of carbonyl (C=O) groups is 3. The summed E-state index contributed by atoms with van der Waals surface area (Å²) in [4.78, 5) is 42.7. The molecule has 0 saturated carbocycles. The van der Waals surface area contributed by atoms with Gasteiger partial charge in [-0.05, 0) is 66.6 Å². The van der Waals surface area contributed by atoms with Crippen LogP contribution in [-0.2, 0) is 9.59 Å². The Kier molecular flexibility index (Phi) is 8.59. The second kappa shape index (κ2) is 12.6. The van der Waals surface area contributed by atoms with E-state index in [1.54, 1.807) is 12.3 Å². The highest BCUT2D eigenvalue weighted by molar-refractivity contribution is 7.18. The van der Waals surface area contributed by atoms with Crippen molar-refractivity contribution in [1.82, 2.24) is 15.2 Å². The average Bonchev–Trinajstić information content (AvgIpc) is 3.58. The minimum Gasteiger partial charge on any atom is -0.383 e. The first-order valence-corrected chi connectivity index (χ1v) is 14.4. The summed E-state index contributed by atoms with van der Waals surface area (Å²) in [6.45, 7) is 3.95. The maximum atomic E-state index is 12.4. The highest BCUT2D eigenvalue weighted by Crippen LogP contribution is 2.39. The standard InChI is InChI=1S/C31H32N6O3S/c1-20-5-2-6-24(17-20)36-31(40)35-23-11-8-21(9-12-23)25-19-41-29-22(18-34-30(32)28(25)29)10-13-26(38)33-14-4-16-37-15-3-7-27(37)39/h2,5-6,8-13,17-19H,3-4,7,14-16H2,1H3,(H2,32,34)(H,33,38)(H2,35,36,40). The number of hydrogen-bond acceptors (Lipinski definition) is 6. The summed E-state index contributed by atoms with van der Waals surface area (Å²) in [5, 5.41) is 11.4. The second-order valence-corrected chi connectivity index (χ2v) is 10.8. The number of aryl methyl sites for hydroxylation is 1. The maximum Gasteiger partial charge on any atom is 0.323 e. The highest BCUT2D eigenvalue weighted by atomic mass is 32.1. The second-order valence-electron chi connectivity index (χ2n) is 9.94. The fourth-order valence-corrected chi connectivity index (χ4v) is 5.89. The van der Waals surface area contributed by atoms with Crippen molar-refractivity contribution in [3.05, 3.63) is 77.3 Å². The van der Waals surface area contributed by atoms with Gasteiger partial charge in [0.2, 0.25) is 11.8 Å². The van der Waals surface area contributed by atoms with Gasteiger partial charge in [0.25, 0.3) is 0 Å². The number of hydrogen-bond donors (Lipinski definition) is 4. The van der Waals surface area contributed by atoms with Gasteiger partial charge >= 0.3 is 6.03 Å². The molecule has 0 aliphatic carbocycles. The monoisotopic (exact) mass is 568 g/mol. The summed E-state index contributed by atoms with van der Waals surface area (Å²) in [6.07, 6.45) is 7.17. The quantitative estimate of drug-likeness (QED) is 0.153. The lowest BCUT2D eigenvalue weighted by Gasteiger charge is -2.14. The van der Waals surface area contributed by atoms with Crippen LogP contribution in [0, 0.1) is 6.92 Å². The van der Waals surface area contributed by atoms with Crippen molar-refractivity contribution < 1.29 is 14.4 Å². The number of nitrogens with two attached hydrogens (primary N) is 1. The van der Waals surface area contributed by atoms with Gasteiger partial charge in [-0.25, -0.2) is 9.78 Å². The number of nitrogens with zero attached hydrogens (tertiary/aromatic N) is 2. The molecule has 41 heavy (non-hydrogen) atoms. The SMILES string of the molecule is Cc1cccc(NC(=O)Nc2ccc(-c3csc4c(C=CC(=O)NCCCN5CCCC5=O)cnc(N)c34)cc2)c1. The Labute approximate surface area is 242 Å². The van der Waals surface area contributed by atoms with Crippen molar-refractivity contribution in [1.29, 1.82) is 0 Å². The zero-order valence-electron chi connectivity index (χ0n) is 22.8. The molecule has 1 aliphatic rings. The van der Waals surface area contributed by atoms with Crippen molar-refractivity contribution in [3.8, 4) is 11.1 Å². The predicted octanol–water partition coefficient (Wildman–Crippen LogP) is 5.64. The van der Waals surface area contributed by atoms with E-state index < -0.39 is 0 Å². The van der Waals surface area contributed by atoms with E-state index in [1.807, 2.05) is 65.7 Å². The predicted molar refractivity (Wildman–Crippen MR) is 166 cm³/mol. The molecular formula is C31H32N6O3S. The largest absolute Gasteiger partial charge is 0.383 e. The van der Waals surface area contributed by atoms with Gasteiger partial charge in [0.05, 0.1) is 0 Å². The van der Waals surface area contributed by atoms with Crippen LogP contribution in [0.4, 0.5) is 22.0 Å². The van der Waals surface area contributed by atoms with E-state index in [2.05, 4.69) is 20.9 Å². The molecule has 3 heterocycles. The van der Waals surface area contributed by atoms with Crippen LogP contribution in [0.2, 0.25) is 0 Å². The van der Waals surface area contributed by atoms with Crippen LogP contribution in [0.1, 0.15) is 30.4 Å². The van der Waals surface area contributed by atoms with Crippen LogP contribution >= 0.6 is 11.3 Å². The molecule has 10 heteroatoms. The summed E-state index contributed by atoms with van der Waals surface area (Å²) in [5.74, 6) is 0.406. The van der Waals surface area contributed by atoms with Crippen LogP contribution in [0.5, 0.6) is 0 Å². The molecule has 9 nitrogen and oxygen atoms in total. The van der Waals surface area contributed by atoms with Gasteiger partial charge in [0.1, 0.15) is 5.82 Å². The number of anilines is 3. The Morgan fingerprint density at radius 3 is 2.68 bits per heavy atom. The molecule has 1 saturated heterocycles. The Balaban J connectivity index is 1.22. The molecule has 2 aromatic carbocycles.